The van der Waals surface area contributed by atoms with Crippen molar-refractivity contribution in [3.05, 3.63) is 39.0 Å². The van der Waals surface area contributed by atoms with Crippen molar-refractivity contribution < 1.29 is 0 Å². The van der Waals surface area contributed by atoms with Gasteiger partial charge in [0.15, 0.2) is 0 Å². The Kier molecular flexibility index (Phi) is 3.23. The Hall–Kier alpha value is -0.650. The molecular weight excluding hydrogens is 274 g/mol. The maximum absolute atomic E-state index is 6.10. The molecule has 0 bridgehead atoms. The zero-order chi connectivity index (χ0) is 10.8. The maximum Gasteiger partial charge on any atom is 0.125 e. The van der Waals surface area contributed by atoms with Gasteiger partial charge in [-0.25, -0.2) is 4.98 Å². The van der Waals surface area contributed by atoms with E-state index in [-0.39, 0.29) is 6.04 Å². The fraction of sp³-hybridized carbons (Fsp3) is 0.300. The molecule has 0 aliphatic heterocycles. The number of aryl methyl sites for hydroxylation is 1. The van der Waals surface area contributed by atoms with Crippen LogP contribution in [0.3, 0.4) is 0 Å². The van der Waals surface area contributed by atoms with E-state index in [0.717, 1.165) is 16.7 Å². The molecule has 0 saturated heterocycles. The highest BCUT2D eigenvalue weighted by Gasteiger charge is 2.13. The third-order valence-corrected chi connectivity index (χ3v) is 4.24. The summed E-state index contributed by atoms with van der Waals surface area (Å²) in [6.07, 6.45) is 4.51. The smallest absolute Gasteiger partial charge is 0.125 e. The molecule has 15 heavy (non-hydrogen) atoms. The highest BCUT2D eigenvalue weighted by atomic mass is 79.9. The summed E-state index contributed by atoms with van der Waals surface area (Å²) in [5.41, 5.74) is 6.10. The van der Waals surface area contributed by atoms with E-state index in [9.17, 15) is 0 Å². The van der Waals surface area contributed by atoms with Gasteiger partial charge in [-0.15, -0.1) is 11.3 Å². The number of hydrogen-bond acceptors (Lipinski definition) is 3. The SMILES string of the molecule is Cn1ccnc1C(N)Cc1sccc1Br. The quantitative estimate of drug-likeness (QED) is 0.942. The first-order valence-corrected chi connectivity index (χ1v) is 6.30. The van der Waals surface area contributed by atoms with Gasteiger partial charge in [-0.3, -0.25) is 0 Å². The summed E-state index contributed by atoms with van der Waals surface area (Å²) in [6.45, 7) is 0. The second-order valence-electron chi connectivity index (χ2n) is 3.40. The molecule has 0 aliphatic carbocycles. The van der Waals surface area contributed by atoms with Gasteiger partial charge in [0.2, 0.25) is 0 Å². The minimum Gasteiger partial charge on any atom is -0.337 e. The lowest BCUT2D eigenvalue weighted by Gasteiger charge is -2.10. The van der Waals surface area contributed by atoms with E-state index in [2.05, 4.69) is 26.3 Å². The largest absolute Gasteiger partial charge is 0.337 e. The number of nitrogens with two attached hydrogens (primary N) is 1. The van der Waals surface area contributed by atoms with Crippen LogP contribution < -0.4 is 5.73 Å². The fourth-order valence-corrected chi connectivity index (χ4v) is 3.07. The summed E-state index contributed by atoms with van der Waals surface area (Å²) in [5, 5.41) is 2.06. The van der Waals surface area contributed by atoms with Gasteiger partial charge in [-0.1, -0.05) is 0 Å². The molecule has 0 aliphatic rings. The molecule has 0 aromatic carbocycles. The van der Waals surface area contributed by atoms with Crippen molar-refractivity contribution in [2.45, 2.75) is 12.5 Å². The first-order valence-electron chi connectivity index (χ1n) is 4.63. The monoisotopic (exact) mass is 285 g/mol. The molecule has 0 fully saturated rings. The molecule has 2 aromatic heterocycles. The number of rotatable bonds is 3. The summed E-state index contributed by atoms with van der Waals surface area (Å²) in [4.78, 5) is 5.52. The molecule has 0 spiro atoms. The number of thiophene rings is 1. The molecule has 2 aromatic rings. The number of halogens is 1. The Morgan fingerprint density at radius 1 is 1.67 bits per heavy atom. The highest BCUT2D eigenvalue weighted by molar-refractivity contribution is 9.10. The van der Waals surface area contributed by atoms with Crippen molar-refractivity contribution in [3.8, 4) is 0 Å². The third kappa shape index (κ3) is 2.30. The van der Waals surface area contributed by atoms with Crippen LogP contribution in [0.25, 0.3) is 0 Å². The molecule has 0 radical (unpaired) electrons. The van der Waals surface area contributed by atoms with Crippen molar-refractivity contribution in [2.75, 3.05) is 0 Å². The highest BCUT2D eigenvalue weighted by Crippen LogP contribution is 2.26. The van der Waals surface area contributed by atoms with E-state index >= 15 is 0 Å². The minimum atomic E-state index is -0.0417. The minimum absolute atomic E-state index is 0.0417. The van der Waals surface area contributed by atoms with Crippen molar-refractivity contribution >= 4 is 27.3 Å². The molecule has 2 N–H and O–H groups in total. The Bertz CT molecular complexity index is 449. The number of hydrogen-bond donors (Lipinski definition) is 1. The molecule has 5 heteroatoms. The van der Waals surface area contributed by atoms with E-state index in [1.165, 1.54) is 4.88 Å². The van der Waals surface area contributed by atoms with Gasteiger partial charge in [0.05, 0.1) is 6.04 Å². The summed E-state index contributed by atoms with van der Waals surface area (Å²) in [6, 6.07) is 2.01. The molecule has 1 unspecified atom stereocenters. The summed E-state index contributed by atoms with van der Waals surface area (Å²) in [5.74, 6) is 0.926. The van der Waals surface area contributed by atoms with Gasteiger partial charge in [0.25, 0.3) is 0 Å². The van der Waals surface area contributed by atoms with E-state index in [4.69, 9.17) is 5.73 Å². The molecule has 0 amide bonds. The fourth-order valence-electron chi connectivity index (χ4n) is 1.50. The second-order valence-corrected chi connectivity index (χ2v) is 5.25. The first kappa shape index (κ1) is 10.9. The lowest BCUT2D eigenvalue weighted by Crippen LogP contribution is -2.17. The molecule has 1 atom stereocenters. The first-order chi connectivity index (χ1) is 7.18. The van der Waals surface area contributed by atoms with Crippen LogP contribution in [0.4, 0.5) is 0 Å². The number of nitrogens with zero attached hydrogens (tertiary/aromatic N) is 2. The Balaban J connectivity index is 2.14. The van der Waals surface area contributed by atoms with Crippen molar-refractivity contribution in [2.24, 2.45) is 12.8 Å². The Morgan fingerprint density at radius 3 is 3.00 bits per heavy atom. The molecular formula is C10H12BrN3S. The van der Waals surface area contributed by atoms with Gasteiger partial charge in [0.1, 0.15) is 5.82 Å². The van der Waals surface area contributed by atoms with Crippen LogP contribution in [0.2, 0.25) is 0 Å². The number of imidazole rings is 1. The van der Waals surface area contributed by atoms with E-state index in [1.54, 1.807) is 17.5 Å². The van der Waals surface area contributed by atoms with Gasteiger partial charge >= 0.3 is 0 Å². The van der Waals surface area contributed by atoms with Crippen LogP contribution >= 0.6 is 27.3 Å². The lowest BCUT2D eigenvalue weighted by molar-refractivity contribution is 0.636. The zero-order valence-electron chi connectivity index (χ0n) is 8.35. The molecule has 80 valence electrons. The van der Waals surface area contributed by atoms with Crippen molar-refractivity contribution in [3.63, 3.8) is 0 Å². The van der Waals surface area contributed by atoms with Crippen LogP contribution in [0.5, 0.6) is 0 Å². The predicted molar refractivity (Wildman–Crippen MR) is 65.9 cm³/mol. The Labute approximate surface area is 101 Å². The normalized spacial score (nSPS) is 13.0. The zero-order valence-corrected chi connectivity index (χ0v) is 10.8. The van der Waals surface area contributed by atoms with Gasteiger partial charge in [0, 0.05) is 35.2 Å². The van der Waals surface area contributed by atoms with Crippen LogP contribution in [0.15, 0.2) is 28.3 Å². The summed E-state index contributed by atoms with van der Waals surface area (Å²) in [7, 11) is 1.96. The van der Waals surface area contributed by atoms with Gasteiger partial charge < -0.3 is 10.3 Å². The third-order valence-electron chi connectivity index (χ3n) is 2.29. The van der Waals surface area contributed by atoms with Crippen LogP contribution in [-0.4, -0.2) is 9.55 Å². The standard InChI is InChI=1S/C10H12BrN3S/c1-14-4-3-13-10(14)8(12)6-9-7(11)2-5-15-9/h2-5,8H,6,12H2,1H3. The molecule has 2 rings (SSSR count). The second kappa shape index (κ2) is 4.47. The van der Waals surface area contributed by atoms with Crippen molar-refractivity contribution in [1.82, 2.24) is 9.55 Å². The van der Waals surface area contributed by atoms with Crippen LogP contribution in [0.1, 0.15) is 16.7 Å². The topological polar surface area (TPSA) is 43.8 Å². The van der Waals surface area contributed by atoms with Gasteiger partial charge in [-0.05, 0) is 27.4 Å². The molecule has 0 saturated carbocycles. The summed E-state index contributed by atoms with van der Waals surface area (Å²) >= 11 is 5.22. The Morgan fingerprint density at radius 2 is 2.47 bits per heavy atom. The van der Waals surface area contributed by atoms with E-state index in [0.29, 0.717) is 0 Å². The van der Waals surface area contributed by atoms with Crippen molar-refractivity contribution in [1.29, 1.82) is 0 Å². The average molecular weight is 286 g/mol. The van der Waals surface area contributed by atoms with E-state index in [1.807, 2.05) is 23.9 Å². The van der Waals surface area contributed by atoms with Crippen LogP contribution in [0, 0.1) is 0 Å². The van der Waals surface area contributed by atoms with E-state index < -0.39 is 0 Å². The summed E-state index contributed by atoms with van der Waals surface area (Å²) < 4.78 is 3.10. The van der Waals surface area contributed by atoms with Gasteiger partial charge in [-0.2, -0.15) is 0 Å². The number of aromatic nitrogens is 2. The molecule has 2 heterocycles. The molecule has 3 nitrogen and oxygen atoms in total. The van der Waals surface area contributed by atoms with Crippen LogP contribution in [-0.2, 0) is 13.5 Å². The average Bonchev–Trinajstić information content (AvgIpc) is 2.76. The maximum atomic E-state index is 6.10. The predicted octanol–water partition coefficient (Wildman–Crippen LogP) is 2.49. The lowest BCUT2D eigenvalue weighted by atomic mass is 10.2.